The van der Waals surface area contributed by atoms with E-state index in [4.69, 9.17) is 9.97 Å². The molecule has 8 aromatic rings. The van der Waals surface area contributed by atoms with Gasteiger partial charge in [-0.25, -0.2) is 9.97 Å². The number of H-pyrrole nitrogens is 1. The number of fused-ring (bicyclic) bond motifs is 10. The van der Waals surface area contributed by atoms with Crippen molar-refractivity contribution >= 4 is 39.0 Å². The highest BCUT2D eigenvalue weighted by molar-refractivity contribution is 6.15. The fourth-order valence-electron chi connectivity index (χ4n) is 6.49. The van der Waals surface area contributed by atoms with Crippen LogP contribution in [0.5, 0.6) is 0 Å². The quantitative estimate of drug-likeness (QED) is 0.228. The lowest BCUT2D eigenvalue weighted by molar-refractivity contribution is 1.18. The Balaban J connectivity index is 1.35. The van der Waals surface area contributed by atoms with Crippen molar-refractivity contribution in [1.29, 1.82) is 0 Å². The van der Waals surface area contributed by atoms with Gasteiger partial charge in [-0.1, -0.05) is 103 Å². The first-order chi connectivity index (χ1) is 21.8. The Morgan fingerprint density at radius 2 is 0.955 bits per heavy atom. The molecule has 0 saturated heterocycles. The van der Waals surface area contributed by atoms with Gasteiger partial charge in [0.25, 0.3) is 0 Å². The summed E-state index contributed by atoms with van der Waals surface area (Å²) >= 11 is 0. The molecule has 0 saturated carbocycles. The standard InChI is InChI=1S/C40H26N4/c1-2-10-26(11-3-1)27-12-4-14-29(24-27)44-30-15-5-13-28(25-30)35-20-8-21-36(41-35)33-18-6-16-31-32-17-7-19-34(40(32)43-39(31)33)37-22-9-23-38(44)42-37/h1-25,43H. The number of hydrogen-bond donors (Lipinski definition) is 1. The number of aromatic amines is 1. The third-order valence-corrected chi connectivity index (χ3v) is 8.55. The normalized spacial score (nSPS) is 12.0. The van der Waals surface area contributed by atoms with Crippen molar-refractivity contribution < 1.29 is 0 Å². The van der Waals surface area contributed by atoms with Crippen molar-refractivity contribution in [3.63, 3.8) is 0 Å². The maximum absolute atomic E-state index is 5.33. The van der Waals surface area contributed by atoms with Crippen LogP contribution < -0.4 is 4.90 Å². The van der Waals surface area contributed by atoms with E-state index in [2.05, 4.69) is 162 Å². The first-order valence-electron chi connectivity index (χ1n) is 14.8. The van der Waals surface area contributed by atoms with E-state index < -0.39 is 0 Å². The number of aromatic nitrogens is 3. The molecule has 1 aliphatic rings. The summed E-state index contributed by atoms with van der Waals surface area (Å²) < 4.78 is 0. The summed E-state index contributed by atoms with van der Waals surface area (Å²) in [6.45, 7) is 0. The second-order valence-corrected chi connectivity index (χ2v) is 11.2. The van der Waals surface area contributed by atoms with Crippen molar-refractivity contribution in [2.24, 2.45) is 0 Å². The van der Waals surface area contributed by atoms with E-state index >= 15 is 0 Å². The first kappa shape index (κ1) is 24.6. The maximum atomic E-state index is 5.33. The van der Waals surface area contributed by atoms with Gasteiger partial charge in [0, 0.05) is 38.8 Å². The molecule has 206 valence electrons. The van der Waals surface area contributed by atoms with Crippen LogP contribution in [0.4, 0.5) is 17.2 Å². The fourth-order valence-corrected chi connectivity index (χ4v) is 6.49. The number of pyridine rings is 2. The molecular formula is C40H26N4. The second-order valence-electron chi connectivity index (χ2n) is 11.2. The van der Waals surface area contributed by atoms with Gasteiger partial charge in [-0.05, 0) is 59.7 Å². The molecule has 44 heavy (non-hydrogen) atoms. The van der Waals surface area contributed by atoms with Crippen molar-refractivity contribution in [3.8, 4) is 44.9 Å². The first-order valence-corrected chi connectivity index (χ1v) is 14.8. The average Bonchev–Trinajstić information content (AvgIpc) is 3.48. The van der Waals surface area contributed by atoms with Crippen molar-refractivity contribution in [3.05, 3.63) is 152 Å². The van der Waals surface area contributed by atoms with Gasteiger partial charge in [0.1, 0.15) is 5.82 Å². The van der Waals surface area contributed by atoms with Gasteiger partial charge < -0.3 is 4.98 Å². The van der Waals surface area contributed by atoms with E-state index in [1.165, 1.54) is 16.3 Å². The summed E-state index contributed by atoms with van der Waals surface area (Å²) in [5, 5.41) is 2.35. The summed E-state index contributed by atoms with van der Waals surface area (Å²) in [7, 11) is 0. The van der Waals surface area contributed by atoms with Crippen LogP contribution in [0.3, 0.4) is 0 Å². The van der Waals surface area contributed by atoms with Crippen LogP contribution in [-0.2, 0) is 0 Å². The minimum absolute atomic E-state index is 0.843. The van der Waals surface area contributed by atoms with Gasteiger partial charge >= 0.3 is 0 Å². The molecule has 4 heteroatoms. The summed E-state index contributed by atoms with van der Waals surface area (Å²) in [4.78, 5) is 16.6. The van der Waals surface area contributed by atoms with Gasteiger partial charge in [0.15, 0.2) is 0 Å². The van der Waals surface area contributed by atoms with E-state index in [-0.39, 0.29) is 0 Å². The number of para-hydroxylation sites is 2. The summed E-state index contributed by atoms with van der Waals surface area (Å²) in [6, 6.07) is 53.3. The number of nitrogens with one attached hydrogen (secondary N) is 1. The minimum Gasteiger partial charge on any atom is -0.353 e. The molecular weight excluding hydrogens is 536 g/mol. The van der Waals surface area contributed by atoms with Gasteiger partial charge in [-0.15, -0.1) is 0 Å². The van der Waals surface area contributed by atoms with Crippen LogP contribution in [0, 0.1) is 0 Å². The van der Waals surface area contributed by atoms with Crippen LogP contribution >= 0.6 is 0 Å². The number of benzene rings is 5. The zero-order valence-corrected chi connectivity index (χ0v) is 23.8. The third kappa shape index (κ3) is 3.92. The molecule has 0 atom stereocenters. The molecule has 0 fully saturated rings. The molecule has 0 radical (unpaired) electrons. The zero-order valence-electron chi connectivity index (χ0n) is 23.8. The Hall–Kier alpha value is -6.00. The molecule has 1 aliphatic heterocycles. The topological polar surface area (TPSA) is 44.8 Å². The molecule has 5 aromatic carbocycles. The molecule has 4 heterocycles. The smallest absolute Gasteiger partial charge is 0.138 e. The van der Waals surface area contributed by atoms with Crippen LogP contribution in [-0.4, -0.2) is 15.0 Å². The van der Waals surface area contributed by atoms with Gasteiger partial charge in [0.2, 0.25) is 0 Å². The zero-order chi connectivity index (χ0) is 29.0. The molecule has 0 unspecified atom stereocenters. The van der Waals surface area contributed by atoms with Crippen molar-refractivity contribution in [1.82, 2.24) is 15.0 Å². The lowest BCUT2D eigenvalue weighted by Crippen LogP contribution is -2.12. The van der Waals surface area contributed by atoms with E-state index in [9.17, 15) is 0 Å². The van der Waals surface area contributed by atoms with Crippen LogP contribution in [0.1, 0.15) is 0 Å². The highest BCUT2D eigenvalue weighted by atomic mass is 15.2. The molecule has 3 aromatic heterocycles. The predicted octanol–water partition coefficient (Wildman–Crippen LogP) is 10.6. The number of anilines is 3. The molecule has 1 N–H and O–H groups in total. The molecule has 8 bridgehead atoms. The Morgan fingerprint density at radius 3 is 1.68 bits per heavy atom. The van der Waals surface area contributed by atoms with E-state index in [1.807, 2.05) is 0 Å². The SMILES string of the molecule is c1ccc(-c2cccc(N3c4cccc(c4)-c4cccc(n4)-c4cccc5c4[nH]c4c(cccc45)-c4cccc3n4)c2)cc1. The van der Waals surface area contributed by atoms with Crippen molar-refractivity contribution in [2.45, 2.75) is 0 Å². The lowest BCUT2D eigenvalue weighted by Gasteiger charge is -2.26. The van der Waals surface area contributed by atoms with E-state index in [0.717, 1.165) is 67.6 Å². The Bertz CT molecular complexity index is 2350. The van der Waals surface area contributed by atoms with Crippen LogP contribution in [0.25, 0.3) is 66.7 Å². The lowest BCUT2D eigenvalue weighted by atomic mass is 10.0. The highest BCUT2D eigenvalue weighted by Gasteiger charge is 2.19. The monoisotopic (exact) mass is 562 g/mol. The molecule has 0 aliphatic carbocycles. The van der Waals surface area contributed by atoms with E-state index in [0.29, 0.717) is 0 Å². The summed E-state index contributed by atoms with van der Waals surface area (Å²) in [6.07, 6.45) is 0. The maximum Gasteiger partial charge on any atom is 0.138 e. The number of nitrogens with zero attached hydrogens (tertiary/aromatic N) is 3. The Labute approximate surface area is 254 Å². The Morgan fingerprint density at radius 1 is 0.409 bits per heavy atom. The molecule has 4 nitrogen and oxygen atoms in total. The van der Waals surface area contributed by atoms with Gasteiger partial charge in [0.05, 0.1) is 28.1 Å². The fraction of sp³-hybridized carbons (Fsp3) is 0. The van der Waals surface area contributed by atoms with Crippen LogP contribution in [0.2, 0.25) is 0 Å². The summed E-state index contributed by atoms with van der Waals surface area (Å²) in [5.41, 5.74) is 12.5. The third-order valence-electron chi connectivity index (χ3n) is 8.55. The van der Waals surface area contributed by atoms with Crippen molar-refractivity contribution in [2.75, 3.05) is 4.90 Å². The number of hydrogen-bond acceptors (Lipinski definition) is 3. The molecule has 0 amide bonds. The summed E-state index contributed by atoms with van der Waals surface area (Å²) in [5.74, 6) is 0.843. The largest absolute Gasteiger partial charge is 0.353 e. The molecule has 9 rings (SSSR count). The predicted molar refractivity (Wildman–Crippen MR) is 181 cm³/mol. The number of rotatable bonds is 2. The molecule has 0 spiro atoms. The highest BCUT2D eigenvalue weighted by Crippen LogP contribution is 2.41. The average molecular weight is 563 g/mol. The van der Waals surface area contributed by atoms with E-state index in [1.54, 1.807) is 0 Å². The van der Waals surface area contributed by atoms with Gasteiger partial charge in [-0.2, -0.15) is 0 Å². The van der Waals surface area contributed by atoms with Gasteiger partial charge in [-0.3, -0.25) is 4.90 Å². The Kier molecular flexibility index (Phi) is 5.47. The van der Waals surface area contributed by atoms with Crippen LogP contribution in [0.15, 0.2) is 152 Å². The minimum atomic E-state index is 0.843. The second kappa shape index (κ2) is 9.79.